The van der Waals surface area contributed by atoms with Gasteiger partial charge >= 0.3 is 0 Å². The predicted octanol–water partition coefficient (Wildman–Crippen LogP) is 4.60. The van der Waals surface area contributed by atoms with Crippen molar-refractivity contribution < 1.29 is 9.53 Å². The monoisotopic (exact) mass is 388 g/mol. The van der Waals surface area contributed by atoms with Crippen LogP contribution in [0.25, 0.3) is 17.3 Å². The third kappa shape index (κ3) is 5.19. The van der Waals surface area contributed by atoms with E-state index < -0.39 is 0 Å². The molecule has 6 nitrogen and oxygen atoms in total. The number of aromatic amines is 1. The Labute approximate surface area is 170 Å². The minimum absolute atomic E-state index is 0.337. The van der Waals surface area contributed by atoms with E-state index >= 15 is 0 Å². The molecule has 1 amide bonds. The lowest BCUT2D eigenvalue weighted by molar-refractivity contribution is 0.0949. The number of nitrogens with zero attached hydrogens (tertiary/aromatic N) is 2. The molecule has 0 unspecified atom stereocenters. The molecule has 0 aliphatic rings. The fourth-order valence-electron chi connectivity index (χ4n) is 2.87. The van der Waals surface area contributed by atoms with Gasteiger partial charge in [0.1, 0.15) is 11.4 Å². The van der Waals surface area contributed by atoms with E-state index in [9.17, 15) is 4.79 Å². The normalized spacial score (nSPS) is 11.6. The summed E-state index contributed by atoms with van der Waals surface area (Å²) >= 11 is 0. The fraction of sp³-hybridized carbons (Fsp3) is 0.174. The third-order valence-corrected chi connectivity index (χ3v) is 4.30. The van der Waals surface area contributed by atoms with Crippen LogP contribution in [0.15, 0.2) is 65.3 Å². The number of hydrazone groups is 1. The number of aromatic nitrogens is 2. The number of nitrogens with one attached hydrogen (secondary N) is 2. The van der Waals surface area contributed by atoms with E-state index in [1.165, 1.54) is 0 Å². The Morgan fingerprint density at radius 1 is 1.17 bits per heavy atom. The number of carbonyl (C=O) groups is 1. The number of amides is 1. The van der Waals surface area contributed by atoms with Crippen LogP contribution in [-0.2, 0) is 0 Å². The lowest BCUT2D eigenvalue weighted by Gasteiger charge is -2.04. The summed E-state index contributed by atoms with van der Waals surface area (Å²) in [6.07, 6.45) is 3.60. The van der Waals surface area contributed by atoms with Gasteiger partial charge in [0.25, 0.3) is 5.91 Å². The van der Waals surface area contributed by atoms with E-state index in [1.807, 2.05) is 81.4 Å². The second kappa shape index (κ2) is 9.50. The number of rotatable bonds is 7. The topological polar surface area (TPSA) is 79.4 Å². The number of H-pyrrole nitrogens is 1. The van der Waals surface area contributed by atoms with Crippen molar-refractivity contribution in [2.24, 2.45) is 5.10 Å². The maximum atomic E-state index is 12.5. The van der Waals surface area contributed by atoms with Crippen molar-refractivity contribution >= 4 is 18.2 Å². The molecule has 0 atom stereocenters. The Hall–Kier alpha value is -3.67. The molecule has 29 heavy (non-hydrogen) atoms. The molecule has 0 aliphatic carbocycles. The van der Waals surface area contributed by atoms with Crippen molar-refractivity contribution in [3.8, 4) is 17.0 Å². The molecule has 0 aliphatic heterocycles. The molecule has 0 saturated carbocycles. The van der Waals surface area contributed by atoms with Crippen molar-refractivity contribution in [1.29, 1.82) is 0 Å². The van der Waals surface area contributed by atoms with Crippen LogP contribution in [0, 0.1) is 6.92 Å². The minimum Gasteiger partial charge on any atom is -0.494 e. The number of ether oxygens (including phenoxy) is 1. The van der Waals surface area contributed by atoms with Crippen molar-refractivity contribution in [3.63, 3.8) is 0 Å². The second-order valence-corrected chi connectivity index (χ2v) is 6.53. The molecule has 3 aromatic rings. The van der Waals surface area contributed by atoms with Crippen molar-refractivity contribution in [1.82, 2.24) is 15.6 Å². The predicted molar refractivity (Wildman–Crippen MR) is 116 cm³/mol. The van der Waals surface area contributed by atoms with Gasteiger partial charge in [-0.3, -0.25) is 9.89 Å². The molecule has 3 rings (SSSR count). The highest BCUT2D eigenvalue weighted by Crippen LogP contribution is 2.25. The van der Waals surface area contributed by atoms with Gasteiger partial charge in [-0.05, 0) is 56.2 Å². The van der Waals surface area contributed by atoms with Gasteiger partial charge in [0.05, 0.1) is 18.5 Å². The van der Waals surface area contributed by atoms with Crippen LogP contribution in [0.4, 0.5) is 0 Å². The van der Waals surface area contributed by atoms with Crippen LogP contribution in [0.5, 0.6) is 5.75 Å². The summed E-state index contributed by atoms with van der Waals surface area (Å²) in [5.41, 5.74) is 7.33. The summed E-state index contributed by atoms with van der Waals surface area (Å²) < 4.78 is 5.46. The largest absolute Gasteiger partial charge is 0.494 e. The fourth-order valence-corrected chi connectivity index (χ4v) is 2.87. The lowest BCUT2D eigenvalue weighted by atomic mass is 10.1. The van der Waals surface area contributed by atoms with E-state index in [2.05, 4.69) is 20.7 Å². The average Bonchev–Trinajstić information content (AvgIpc) is 3.11. The summed E-state index contributed by atoms with van der Waals surface area (Å²) in [5.74, 6) is 0.464. The van der Waals surface area contributed by atoms with Crippen molar-refractivity contribution in [2.45, 2.75) is 20.8 Å². The zero-order chi connectivity index (χ0) is 20.6. The van der Waals surface area contributed by atoms with Crippen LogP contribution in [0.1, 0.15) is 35.5 Å². The number of carbonyl (C=O) groups excluding carboxylic acids is 1. The highest BCUT2D eigenvalue weighted by molar-refractivity contribution is 5.96. The molecule has 2 aromatic carbocycles. The molecule has 6 heteroatoms. The molecular formula is C23H24N4O2. The molecule has 0 saturated heterocycles. The molecule has 1 heterocycles. The van der Waals surface area contributed by atoms with Gasteiger partial charge in [-0.1, -0.05) is 36.4 Å². The van der Waals surface area contributed by atoms with Gasteiger partial charge in [0.2, 0.25) is 0 Å². The Kier molecular flexibility index (Phi) is 6.58. The molecular weight excluding hydrogens is 364 g/mol. The maximum absolute atomic E-state index is 12.5. The van der Waals surface area contributed by atoms with Gasteiger partial charge in [0.15, 0.2) is 0 Å². The van der Waals surface area contributed by atoms with Gasteiger partial charge in [-0.25, -0.2) is 5.43 Å². The average molecular weight is 388 g/mol. The standard InChI is InChI=1S/C23H24N4O2/c1-4-29-20-12-10-19(11-13-20)21-17(3)22(26-25-21)23(28)27-24-15-16(2)14-18-8-6-5-7-9-18/h5-15H,4H2,1-3H3,(H,25,26)(H,27,28). The number of hydrogen-bond acceptors (Lipinski definition) is 4. The molecule has 0 radical (unpaired) electrons. The van der Waals surface area contributed by atoms with Crippen LogP contribution in [0.3, 0.4) is 0 Å². The van der Waals surface area contributed by atoms with E-state index in [0.717, 1.165) is 33.7 Å². The SMILES string of the molecule is CCOc1ccc(-c2n[nH]c(C(=O)NN=CC(C)=Cc3ccccc3)c2C)cc1. The summed E-state index contributed by atoms with van der Waals surface area (Å²) in [6, 6.07) is 17.5. The molecule has 0 spiro atoms. The second-order valence-electron chi connectivity index (χ2n) is 6.53. The first kappa shape index (κ1) is 20.1. The number of benzene rings is 2. The summed E-state index contributed by atoms with van der Waals surface area (Å²) in [4.78, 5) is 12.5. The van der Waals surface area contributed by atoms with E-state index in [0.29, 0.717) is 12.3 Å². The molecule has 1 aromatic heterocycles. The zero-order valence-corrected chi connectivity index (χ0v) is 16.8. The Bertz CT molecular complexity index is 1020. The summed E-state index contributed by atoms with van der Waals surface area (Å²) in [5, 5.41) is 11.1. The maximum Gasteiger partial charge on any atom is 0.289 e. The van der Waals surface area contributed by atoms with Gasteiger partial charge in [-0.2, -0.15) is 10.2 Å². The van der Waals surface area contributed by atoms with Crippen LogP contribution in [0.2, 0.25) is 0 Å². The minimum atomic E-state index is -0.337. The van der Waals surface area contributed by atoms with E-state index in [-0.39, 0.29) is 5.91 Å². The Morgan fingerprint density at radius 3 is 2.59 bits per heavy atom. The first-order chi connectivity index (χ1) is 14.1. The van der Waals surface area contributed by atoms with Crippen LogP contribution >= 0.6 is 0 Å². The van der Waals surface area contributed by atoms with Crippen molar-refractivity contribution in [3.05, 3.63) is 77.0 Å². The van der Waals surface area contributed by atoms with Gasteiger partial charge < -0.3 is 4.74 Å². The lowest BCUT2D eigenvalue weighted by Crippen LogP contribution is -2.19. The molecule has 2 N–H and O–H groups in total. The first-order valence-electron chi connectivity index (χ1n) is 9.43. The van der Waals surface area contributed by atoms with E-state index in [1.54, 1.807) is 6.21 Å². The summed E-state index contributed by atoms with van der Waals surface area (Å²) in [7, 11) is 0. The van der Waals surface area contributed by atoms with Gasteiger partial charge in [0, 0.05) is 11.1 Å². The Morgan fingerprint density at radius 2 is 1.90 bits per heavy atom. The van der Waals surface area contributed by atoms with E-state index in [4.69, 9.17) is 4.74 Å². The highest BCUT2D eigenvalue weighted by Gasteiger charge is 2.16. The molecule has 0 fully saturated rings. The number of hydrogen-bond donors (Lipinski definition) is 2. The number of allylic oxidation sites excluding steroid dienone is 1. The van der Waals surface area contributed by atoms with Crippen molar-refractivity contribution in [2.75, 3.05) is 6.61 Å². The smallest absolute Gasteiger partial charge is 0.289 e. The Balaban J connectivity index is 1.66. The zero-order valence-electron chi connectivity index (χ0n) is 16.8. The van der Waals surface area contributed by atoms with Gasteiger partial charge in [-0.15, -0.1) is 0 Å². The first-order valence-corrected chi connectivity index (χ1v) is 9.43. The molecule has 148 valence electrons. The van der Waals surface area contributed by atoms with Crippen LogP contribution in [-0.4, -0.2) is 28.9 Å². The molecule has 0 bridgehead atoms. The van der Waals surface area contributed by atoms with Crippen LogP contribution < -0.4 is 10.2 Å². The quantitative estimate of drug-likeness (QED) is 0.458. The highest BCUT2D eigenvalue weighted by atomic mass is 16.5. The summed E-state index contributed by atoms with van der Waals surface area (Å²) in [6.45, 7) is 6.34. The third-order valence-electron chi connectivity index (χ3n) is 4.30.